The lowest BCUT2D eigenvalue weighted by Crippen LogP contribution is -2.31. The molecule has 0 atom stereocenters. The maximum atomic E-state index is 5.90. The molecule has 0 aliphatic rings. The Morgan fingerprint density at radius 1 is 0.958 bits per heavy atom. The van der Waals surface area contributed by atoms with Crippen LogP contribution in [0.1, 0.15) is 16.8 Å². The van der Waals surface area contributed by atoms with Gasteiger partial charge in [-0.25, -0.2) is 4.99 Å². The quantitative estimate of drug-likeness (QED) is 0.542. The highest BCUT2D eigenvalue weighted by atomic mass is 15.3. The maximum absolute atomic E-state index is 5.90. The van der Waals surface area contributed by atoms with E-state index in [1.54, 1.807) is 0 Å². The van der Waals surface area contributed by atoms with Crippen molar-refractivity contribution in [1.82, 2.24) is 15.1 Å². The largest absolute Gasteiger partial charge is 0.370 e. The van der Waals surface area contributed by atoms with Crippen LogP contribution in [0.5, 0.6) is 0 Å². The first kappa shape index (κ1) is 15.8. The number of hydrogen-bond acceptors (Lipinski definition) is 2. The van der Waals surface area contributed by atoms with E-state index in [0.29, 0.717) is 19.0 Å². The molecule has 0 spiro atoms. The molecule has 2 aromatic carbocycles. The van der Waals surface area contributed by atoms with Gasteiger partial charge in [0.1, 0.15) is 0 Å². The minimum absolute atomic E-state index is 0.427. The van der Waals surface area contributed by atoms with Gasteiger partial charge in [-0.2, -0.15) is 5.10 Å². The number of rotatable bonds is 6. The lowest BCUT2D eigenvalue weighted by molar-refractivity contribution is 0.665. The third-order valence-electron chi connectivity index (χ3n) is 3.61. The fraction of sp³-hybridized carbons (Fsp3) is 0.158. The molecule has 0 amide bonds. The van der Waals surface area contributed by atoms with Gasteiger partial charge in [0.05, 0.1) is 25.3 Å². The van der Waals surface area contributed by atoms with Gasteiger partial charge in [-0.3, -0.25) is 4.68 Å². The number of nitrogens with zero attached hydrogens (tertiary/aromatic N) is 3. The number of hydrogen-bond donors (Lipinski definition) is 2. The summed E-state index contributed by atoms with van der Waals surface area (Å²) in [6, 6.07) is 22.3. The summed E-state index contributed by atoms with van der Waals surface area (Å²) in [5.41, 5.74) is 9.20. The summed E-state index contributed by atoms with van der Waals surface area (Å²) in [5.74, 6) is 0.427. The van der Waals surface area contributed by atoms with Crippen LogP contribution in [-0.2, 0) is 19.6 Å². The van der Waals surface area contributed by atoms with Gasteiger partial charge in [0.2, 0.25) is 0 Å². The first-order valence-corrected chi connectivity index (χ1v) is 7.93. The Labute approximate surface area is 141 Å². The van der Waals surface area contributed by atoms with Gasteiger partial charge < -0.3 is 11.1 Å². The van der Waals surface area contributed by atoms with E-state index in [-0.39, 0.29) is 0 Å². The molecule has 5 nitrogen and oxygen atoms in total. The van der Waals surface area contributed by atoms with Crippen LogP contribution in [0.25, 0.3) is 0 Å². The van der Waals surface area contributed by atoms with Crippen LogP contribution >= 0.6 is 0 Å². The Morgan fingerprint density at radius 3 is 2.33 bits per heavy atom. The molecule has 0 unspecified atom stereocenters. The molecular formula is C19H21N5. The standard InChI is InChI=1S/C19H21N5/c20-19(21-13-16-7-3-1-4-8-16)22-14-18-11-12-24(23-18)15-17-9-5-2-6-10-17/h1-12H,13-15H2,(H3,20,21,22). The lowest BCUT2D eigenvalue weighted by atomic mass is 10.2. The van der Waals surface area contributed by atoms with Crippen LogP contribution in [-0.4, -0.2) is 15.7 Å². The van der Waals surface area contributed by atoms with Crippen molar-refractivity contribution in [2.24, 2.45) is 10.7 Å². The average Bonchev–Trinajstić information content (AvgIpc) is 3.07. The molecule has 5 heteroatoms. The highest BCUT2D eigenvalue weighted by Crippen LogP contribution is 2.03. The Kier molecular flexibility index (Phi) is 5.24. The number of aromatic nitrogens is 2. The van der Waals surface area contributed by atoms with Gasteiger partial charge in [0.25, 0.3) is 0 Å². The molecule has 0 bridgehead atoms. The second kappa shape index (κ2) is 7.97. The van der Waals surface area contributed by atoms with Crippen molar-refractivity contribution in [2.45, 2.75) is 19.6 Å². The Morgan fingerprint density at radius 2 is 1.62 bits per heavy atom. The van der Waals surface area contributed by atoms with Crippen molar-refractivity contribution < 1.29 is 0 Å². The molecule has 1 aromatic heterocycles. The minimum Gasteiger partial charge on any atom is -0.370 e. The van der Waals surface area contributed by atoms with Crippen LogP contribution in [0.3, 0.4) is 0 Å². The number of guanidine groups is 1. The lowest BCUT2D eigenvalue weighted by Gasteiger charge is -2.04. The topological polar surface area (TPSA) is 68.2 Å². The predicted octanol–water partition coefficient (Wildman–Crippen LogP) is 2.54. The first-order valence-electron chi connectivity index (χ1n) is 7.93. The first-order chi connectivity index (χ1) is 11.8. The SMILES string of the molecule is NC(=NCc1ccccc1)NCc1ccn(Cc2ccccc2)n1. The molecule has 0 aliphatic carbocycles. The Balaban J connectivity index is 1.50. The normalized spacial score (nSPS) is 11.4. The van der Waals surface area contributed by atoms with Gasteiger partial charge in [0.15, 0.2) is 5.96 Å². The van der Waals surface area contributed by atoms with Crippen LogP contribution in [0.15, 0.2) is 77.9 Å². The summed E-state index contributed by atoms with van der Waals surface area (Å²) < 4.78 is 1.92. The molecule has 3 aromatic rings. The number of aliphatic imine (C=N–C) groups is 1. The molecule has 0 aliphatic heterocycles. The maximum Gasteiger partial charge on any atom is 0.189 e. The summed E-state index contributed by atoms with van der Waals surface area (Å²) in [5, 5.41) is 7.64. The van der Waals surface area contributed by atoms with Gasteiger partial charge in [-0.05, 0) is 17.2 Å². The molecule has 24 heavy (non-hydrogen) atoms. The second-order valence-electron chi connectivity index (χ2n) is 5.53. The molecule has 1 heterocycles. The summed E-state index contributed by atoms with van der Waals surface area (Å²) in [7, 11) is 0. The van der Waals surface area contributed by atoms with Crippen LogP contribution < -0.4 is 11.1 Å². The highest BCUT2D eigenvalue weighted by molar-refractivity contribution is 5.77. The van der Waals surface area contributed by atoms with E-state index < -0.39 is 0 Å². The van der Waals surface area contributed by atoms with Crippen molar-refractivity contribution in [1.29, 1.82) is 0 Å². The van der Waals surface area contributed by atoms with Crippen molar-refractivity contribution >= 4 is 5.96 Å². The van der Waals surface area contributed by atoms with Crippen LogP contribution in [0, 0.1) is 0 Å². The predicted molar refractivity (Wildman–Crippen MR) is 96.4 cm³/mol. The number of nitrogens with two attached hydrogens (primary N) is 1. The van der Waals surface area contributed by atoms with Gasteiger partial charge in [-0.15, -0.1) is 0 Å². The number of nitrogens with one attached hydrogen (secondary N) is 1. The molecule has 3 N–H and O–H groups in total. The van der Waals surface area contributed by atoms with Crippen molar-refractivity contribution in [2.75, 3.05) is 0 Å². The van der Waals surface area contributed by atoms with E-state index in [0.717, 1.165) is 17.8 Å². The van der Waals surface area contributed by atoms with Crippen molar-refractivity contribution in [3.05, 3.63) is 89.7 Å². The molecule has 0 fully saturated rings. The summed E-state index contributed by atoms with van der Waals surface area (Å²) in [4.78, 5) is 4.33. The molecule has 0 radical (unpaired) electrons. The zero-order valence-electron chi connectivity index (χ0n) is 13.5. The van der Waals surface area contributed by atoms with Crippen LogP contribution in [0.2, 0.25) is 0 Å². The van der Waals surface area contributed by atoms with Crippen molar-refractivity contribution in [3.63, 3.8) is 0 Å². The van der Waals surface area contributed by atoms with E-state index in [1.165, 1.54) is 5.56 Å². The molecule has 0 saturated heterocycles. The molecule has 3 rings (SSSR count). The van der Waals surface area contributed by atoms with E-state index in [9.17, 15) is 0 Å². The third kappa shape index (κ3) is 4.71. The molecular weight excluding hydrogens is 298 g/mol. The van der Waals surface area contributed by atoms with Crippen molar-refractivity contribution in [3.8, 4) is 0 Å². The summed E-state index contributed by atoms with van der Waals surface area (Å²) in [6.45, 7) is 1.90. The zero-order chi connectivity index (χ0) is 16.6. The highest BCUT2D eigenvalue weighted by Gasteiger charge is 2.01. The fourth-order valence-corrected chi connectivity index (χ4v) is 2.35. The number of benzene rings is 2. The minimum atomic E-state index is 0.427. The van der Waals surface area contributed by atoms with Gasteiger partial charge >= 0.3 is 0 Å². The Bertz CT molecular complexity index is 778. The molecule has 0 saturated carbocycles. The third-order valence-corrected chi connectivity index (χ3v) is 3.61. The zero-order valence-corrected chi connectivity index (χ0v) is 13.5. The summed E-state index contributed by atoms with van der Waals surface area (Å²) in [6.07, 6.45) is 1.97. The Hall–Kier alpha value is -3.08. The van der Waals surface area contributed by atoms with E-state index in [1.807, 2.05) is 65.5 Å². The monoisotopic (exact) mass is 319 g/mol. The average molecular weight is 319 g/mol. The van der Waals surface area contributed by atoms with E-state index in [2.05, 4.69) is 27.5 Å². The summed E-state index contributed by atoms with van der Waals surface area (Å²) >= 11 is 0. The smallest absolute Gasteiger partial charge is 0.189 e. The molecule has 122 valence electrons. The van der Waals surface area contributed by atoms with Gasteiger partial charge in [0, 0.05) is 6.20 Å². The van der Waals surface area contributed by atoms with Crippen LogP contribution in [0.4, 0.5) is 0 Å². The fourth-order valence-electron chi connectivity index (χ4n) is 2.35. The van der Waals surface area contributed by atoms with Gasteiger partial charge in [-0.1, -0.05) is 60.7 Å². The van der Waals surface area contributed by atoms with E-state index in [4.69, 9.17) is 5.73 Å². The second-order valence-corrected chi connectivity index (χ2v) is 5.53. The van der Waals surface area contributed by atoms with E-state index >= 15 is 0 Å².